The van der Waals surface area contributed by atoms with Crippen LogP contribution in [0.25, 0.3) is 0 Å². The normalized spacial score (nSPS) is 12.6. The van der Waals surface area contributed by atoms with Gasteiger partial charge in [-0.05, 0) is 12.8 Å². The van der Waals surface area contributed by atoms with E-state index < -0.39 is 0 Å². The zero-order valence-corrected chi connectivity index (χ0v) is 5.09. The first-order valence-electron chi connectivity index (χ1n) is 2.85. The molecule has 0 aliphatic carbocycles. The highest BCUT2D eigenvalue weighted by molar-refractivity contribution is 4.80. The molecule has 0 spiro atoms. The fourth-order valence-corrected chi connectivity index (χ4v) is 0.516. The lowest BCUT2D eigenvalue weighted by Gasteiger charge is -1.98. The van der Waals surface area contributed by atoms with Gasteiger partial charge in [0.2, 0.25) is 0 Å². The molecule has 0 aromatic heterocycles. The monoisotopic (exact) mass is 113 g/mol. The highest BCUT2D eigenvalue weighted by Crippen LogP contribution is 2.03. The van der Waals surface area contributed by atoms with Crippen molar-refractivity contribution < 1.29 is 5.11 Å². The van der Waals surface area contributed by atoms with Crippen LogP contribution in [0.1, 0.15) is 19.8 Å². The molecule has 0 bridgehead atoms. The average Bonchev–Trinajstić information content (AvgIpc) is 1.83. The third-order valence-electron chi connectivity index (χ3n) is 1.15. The zero-order valence-electron chi connectivity index (χ0n) is 5.09. The molecule has 0 aliphatic rings. The van der Waals surface area contributed by atoms with Crippen LogP contribution in [-0.4, -0.2) is 11.7 Å². The van der Waals surface area contributed by atoms with Crippen LogP contribution in [0.15, 0.2) is 0 Å². The van der Waals surface area contributed by atoms with Gasteiger partial charge in [-0.2, -0.15) is 5.26 Å². The van der Waals surface area contributed by atoms with Crippen LogP contribution in [0.2, 0.25) is 0 Å². The van der Waals surface area contributed by atoms with Gasteiger partial charge < -0.3 is 5.11 Å². The predicted molar refractivity (Wildman–Crippen MR) is 31.1 cm³/mol. The van der Waals surface area contributed by atoms with Gasteiger partial charge in [0.05, 0.1) is 6.07 Å². The van der Waals surface area contributed by atoms with E-state index in [4.69, 9.17) is 10.4 Å². The average molecular weight is 113 g/mol. The Hall–Kier alpha value is -0.550. The molecule has 0 heterocycles. The van der Waals surface area contributed by atoms with Crippen molar-refractivity contribution >= 4 is 0 Å². The Kier molecular flexibility index (Phi) is 4.29. The largest absolute Gasteiger partial charge is 0.396 e. The first kappa shape index (κ1) is 7.45. The second-order valence-corrected chi connectivity index (χ2v) is 1.75. The number of aliphatic hydroxyl groups is 1. The van der Waals surface area contributed by atoms with Crippen LogP contribution in [0, 0.1) is 17.2 Å². The van der Waals surface area contributed by atoms with Crippen molar-refractivity contribution in [3.8, 4) is 6.07 Å². The fourth-order valence-electron chi connectivity index (χ4n) is 0.516. The molecule has 1 atom stereocenters. The summed E-state index contributed by atoms with van der Waals surface area (Å²) >= 11 is 0. The van der Waals surface area contributed by atoms with E-state index in [2.05, 4.69) is 6.07 Å². The summed E-state index contributed by atoms with van der Waals surface area (Å²) in [6.45, 7) is 2.08. The highest BCUT2D eigenvalue weighted by atomic mass is 16.3. The van der Waals surface area contributed by atoms with Crippen LogP contribution < -0.4 is 0 Å². The summed E-state index contributed by atoms with van der Waals surface area (Å²) < 4.78 is 0. The Bertz CT molecular complexity index is 85.0. The summed E-state index contributed by atoms with van der Waals surface area (Å²) in [5.74, 6) is 0.0556. The van der Waals surface area contributed by atoms with Crippen LogP contribution in [0.3, 0.4) is 0 Å². The van der Waals surface area contributed by atoms with Crippen molar-refractivity contribution in [1.29, 1.82) is 5.26 Å². The van der Waals surface area contributed by atoms with Gasteiger partial charge in [-0.1, -0.05) is 6.92 Å². The first-order valence-corrected chi connectivity index (χ1v) is 2.85. The third-order valence-corrected chi connectivity index (χ3v) is 1.15. The molecule has 46 valence electrons. The van der Waals surface area contributed by atoms with Crippen molar-refractivity contribution in [2.75, 3.05) is 6.61 Å². The molecule has 0 amide bonds. The molecule has 0 saturated heterocycles. The summed E-state index contributed by atoms with van der Waals surface area (Å²) in [4.78, 5) is 0. The number of rotatable bonds is 3. The number of hydrogen-bond acceptors (Lipinski definition) is 2. The first-order chi connectivity index (χ1) is 3.85. The molecule has 0 aromatic rings. The van der Waals surface area contributed by atoms with Crippen LogP contribution >= 0.6 is 0 Å². The summed E-state index contributed by atoms with van der Waals surface area (Å²) in [7, 11) is 0. The highest BCUT2D eigenvalue weighted by Gasteiger charge is 2.00. The lowest BCUT2D eigenvalue weighted by atomic mass is 10.1. The molecule has 1 unspecified atom stereocenters. The molecular formula is C6H11NO. The fraction of sp³-hybridized carbons (Fsp3) is 0.833. The maximum absolute atomic E-state index is 8.35. The van der Waals surface area contributed by atoms with Gasteiger partial charge >= 0.3 is 0 Å². The van der Waals surface area contributed by atoms with E-state index in [0.717, 1.165) is 6.42 Å². The van der Waals surface area contributed by atoms with Crippen molar-refractivity contribution in [3.63, 3.8) is 0 Å². The predicted octanol–water partition coefficient (Wildman–Crippen LogP) is 0.919. The molecule has 0 fully saturated rings. The van der Waals surface area contributed by atoms with E-state index in [1.807, 2.05) is 6.92 Å². The lowest BCUT2D eigenvalue weighted by molar-refractivity contribution is 0.270. The molecule has 2 nitrogen and oxygen atoms in total. The summed E-state index contributed by atoms with van der Waals surface area (Å²) in [5.41, 5.74) is 0. The van der Waals surface area contributed by atoms with E-state index >= 15 is 0 Å². The Morgan fingerprint density at radius 1 is 1.75 bits per heavy atom. The summed E-state index contributed by atoms with van der Waals surface area (Å²) in [6, 6.07) is 2.09. The SMILES string of the molecule is CCC(C#N)CCO. The van der Waals surface area contributed by atoms with E-state index in [-0.39, 0.29) is 12.5 Å². The molecular weight excluding hydrogens is 102 g/mol. The van der Waals surface area contributed by atoms with Gasteiger partial charge in [-0.15, -0.1) is 0 Å². The van der Waals surface area contributed by atoms with Gasteiger partial charge in [-0.25, -0.2) is 0 Å². The van der Waals surface area contributed by atoms with Gasteiger partial charge in [0.1, 0.15) is 0 Å². The van der Waals surface area contributed by atoms with Crippen LogP contribution in [0.5, 0.6) is 0 Å². The lowest BCUT2D eigenvalue weighted by Crippen LogP contribution is -1.96. The maximum atomic E-state index is 8.35. The van der Waals surface area contributed by atoms with E-state index in [0.29, 0.717) is 6.42 Å². The second-order valence-electron chi connectivity index (χ2n) is 1.75. The van der Waals surface area contributed by atoms with Gasteiger partial charge in [-0.3, -0.25) is 0 Å². The Labute approximate surface area is 49.8 Å². The Morgan fingerprint density at radius 3 is 2.50 bits per heavy atom. The van der Waals surface area contributed by atoms with Crippen LogP contribution in [0.4, 0.5) is 0 Å². The quantitative estimate of drug-likeness (QED) is 0.591. The summed E-state index contributed by atoms with van der Waals surface area (Å²) in [5, 5.41) is 16.6. The minimum absolute atomic E-state index is 0.0556. The number of nitrogens with zero attached hydrogens (tertiary/aromatic N) is 1. The van der Waals surface area contributed by atoms with E-state index in [1.165, 1.54) is 0 Å². The summed E-state index contributed by atoms with van der Waals surface area (Å²) in [6.07, 6.45) is 1.46. The molecule has 0 rings (SSSR count). The van der Waals surface area contributed by atoms with Crippen molar-refractivity contribution in [2.45, 2.75) is 19.8 Å². The Morgan fingerprint density at radius 2 is 2.38 bits per heavy atom. The number of aliphatic hydroxyl groups excluding tert-OH is 1. The van der Waals surface area contributed by atoms with Crippen LogP contribution in [-0.2, 0) is 0 Å². The molecule has 0 saturated carbocycles. The second kappa shape index (κ2) is 4.61. The third kappa shape index (κ3) is 2.59. The van der Waals surface area contributed by atoms with Crippen molar-refractivity contribution in [1.82, 2.24) is 0 Å². The Balaban J connectivity index is 3.26. The van der Waals surface area contributed by atoms with E-state index in [9.17, 15) is 0 Å². The smallest absolute Gasteiger partial charge is 0.0656 e. The molecule has 0 aliphatic heterocycles. The molecule has 8 heavy (non-hydrogen) atoms. The topological polar surface area (TPSA) is 44.0 Å². The van der Waals surface area contributed by atoms with Crippen molar-refractivity contribution in [2.24, 2.45) is 5.92 Å². The minimum atomic E-state index is 0.0556. The molecule has 0 radical (unpaired) electrons. The number of nitriles is 1. The molecule has 0 aromatic carbocycles. The number of hydrogen-bond donors (Lipinski definition) is 1. The van der Waals surface area contributed by atoms with Gasteiger partial charge in [0.15, 0.2) is 0 Å². The van der Waals surface area contributed by atoms with Gasteiger partial charge in [0, 0.05) is 12.5 Å². The van der Waals surface area contributed by atoms with Gasteiger partial charge in [0.25, 0.3) is 0 Å². The van der Waals surface area contributed by atoms with Crippen molar-refractivity contribution in [3.05, 3.63) is 0 Å². The standard InChI is InChI=1S/C6H11NO/c1-2-6(5-7)3-4-8/h6,8H,2-4H2,1H3. The minimum Gasteiger partial charge on any atom is -0.396 e. The van der Waals surface area contributed by atoms with E-state index in [1.54, 1.807) is 0 Å². The molecule has 2 heteroatoms. The molecule has 1 N–H and O–H groups in total. The maximum Gasteiger partial charge on any atom is 0.0656 e. The zero-order chi connectivity index (χ0) is 6.41.